The van der Waals surface area contributed by atoms with E-state index in [9.17, 15) is 19.5 Å². The Morgan fingerprint density at radius 2 is 0.875 bits per heavy atom. The van der Waals surface area contributed by atoms with Crippen molar-refractivity contribution in [3.63, 3.8) is 0 Å². The number of quaternary nitrogens is 1. The number of carbonyl (C=O) groups is 3. The number of allylic oxidation sites excluding steroid dienone is 8. The molecule has 0 saturated heterocycles. The van der Waals surface area contributed by atoms with Crippen LogP contribution in [-0.2, 0) is 28.6 Å². The third-order valence-corrected chi connectivity index (χ3v) is 12.0. The van der Waals surface area contributed by atoms with E-state index in [1.54, 1.807) is 0 Å². The third kappa shape index (κ3) is 44.5. The van der Waals surface area contributed by atoms with Gasteiger partial charge in [-0.05, 0) is 51.4 Å². The van der Waals surface area contributed by atoms with Crippen LogP contribution in [0.3, 0.4) is 0 Å². The Labute approximate surface area is 395 Å². The summed E-state index contributed by atoms with van der Waals surface area (Å²) in [7, 11) is 5.54. The molecule has 0 bridgehead atoms. The molecule has 0 aliphatic heterocycles. The number of ether oxygens (including phenoxy) is 3. The average Bonchev–Trinajstić information content (AvgIpc) is 3.26. The van der Waals surface area contributed by atoms with E-state index in [1.165, 1.54) is 135 Å². The van der Waals surface area contributed by atoms with E-state index >= 15 is 0 Å². The molecule has 0 spiro atoms. The van der Waals surface area contributed by atoms with Gasteiger partial charge in [0, 0.05) is 19.3 Å². The first-order valence-corrected chi connectivity index (χ1v) is 26.7. The average molecular weight is 901 g/mol. The predicted octanol–water partition coefficient (Wildman–Crippen LogP) is 15.5. The van der Waals surface area contributed by atoms with Crippen LogP contribution in [0, 0.1) is 0 Å². The van der Waals surface area contributed by atoms with Gasteiger partial charge >= 0.3 is 17.9 Å². The van der Waals surface area contributed by atoms with Crippen molar-refractivity contribution < 1.29 is 38.2 Å². The van der Waals surface area contributed by atoms with E-state index < -0.39 is 18.1 Å². The molecule has 0 aliphatic rings. The SMILES string of the molecule is CC/C=C/C/C=C/C/C=C/C/C=C/CCCCCCCCCCCC(=O)OCC(COCCC(C(=O)O)[N+](C)(C)C)OC(=O)CCCCCCCCCCCCCCCCCCCC. The molecule has 0 heterocycles. The van der Waals surface area contributed by atoms with Gasteiger partial charge in [0.25, 0.3) is 0 Å². The van der Waals surface area contributed by atoms with Crippen LogP contribution in [0.2, 0.25) is 0 Å². The second-order valence-electron chi connectivity index (χ2n) is 19.1. The Hall–Kier alpha value is -2.71. The molecule has 0 radical (unpaired) electrons. The summed E-state index contributed by atoms with van der Waals surface area (Å²) >= 11 is 0. The summed E-state index contributed by atoms with van der Waals surface area (Å²) in [6.07, 6.45) is 57.3. The first kappa shape index (κ1) is 61.3. The fourth-order valence-corrected chi connectivity index (χ4v) is 7.91. The van der Waals surface area contributed by atoms with Crippen LogP contribution < -0.4 is 0 Å². The van der Waals surface area contributed by atoms with Gasteiger partial charge in [0.05, 0.1) is 34.4 Å². The van der Waals surface area contributed by atoms with Crippen molar-refractivity contribution >= 4 is 17.9 Å². The smallest absolute Gasteiger partial charge is 0.362 e. The largest absolute Gasteiger partial charge is 0.477 e. The molecule has 0 amide bonds. The summed E-state index contributed by atoms with van der Waals surface area (Å²) in [5.41, 5.74) is 0. The molecule has 0 aromatic heterocycles. The first-order chi connectivity index (χ1) is 31.1. The predicted molar refractivity (Wildman–Crippen MR) is 271 cm³/mol. The number of hydrogen-bond acceptors (Lipinski definition) is 6. The number of aliphatic carboxylic acids is 1. The normalized spacial score (nSPS) is 13.2. The van der Waals surface area contributed by atoms with Gasteiger partial charge in [-0.15, -0.1) is 0 Å². The molecule has 2 atom stereocenters. The third-order valence-electron chi connectivity index (χ3n) is 12.0. The summed E-state index contributed by atoms with van der Waals surface area (Å²) in [5.74, 6) is -1.46. The lowest BCUT2D eigenvalue weighted by atomic mass is 10.0. The number of carboxylic acid groups (broad SMARTS) is 1. The molecule has 1 N–H and O–H groups in total. The zero-order valence-electron chi connectivity index (χ0n) is 42.5. The molecule has 8 nitrogen and oxygen atoms in total. The number of likely N-dealkylation sites (N-methyl/N-ethyl adjacent to an activating group) is 1. The van der Waals surface area contributed by atoms with Crippen LogP contribution in [0.4, 0.5) is 0 Å². The van der Waals surface area contributed by atoms with Crippen LogP contribution in [0.15, 0.2) is 48.6 Å². The number of unbranched alkanes of at least 4 members (excludes halogenated alkanes) is 26. The molecule has 0 rings (SSSR count). The van der Waals surface area contributed by atoms with Crippen molar-refractivity contribution in [2.75, 3.05) is 41.0 Å². The highest BCUT2D eigenvalue weighted by molar-refractivity contribution is 5.72. The van der Waals surface area contributed by atoms with Crippen molar-refractivity contribution in [1.82, 2.24) is 0 Å². The molecular formula is C56H102NO7+. The first-order valence-electron chi connectivity index (χ1n) is 26.7. The van der Waals surface area contributed by atoms with Crippen LogP contribution in [0.1, 0.15) is 239 Å². The molecule has 0 fully saturated rings. The standard InChI is InChI=1S/C56H101NO7/c1-6-8-10-12-14-16-18-20-22-24-26-27-28-29-31-32-34-36-38-40-42-44-46-54(58)63-51-52(50-62-49-48-53(56(60)61)57(3,4)5)64-55(59)47-45-43-41-39-37-35-33-30-25-23-21-19-17-15-13-11-9-7-2/h8,10,14,16,20,22,26-27,52-53H,6-7,9,11-13,15,17-19,21,23-25,28-51H2,1-5H3/p+1/b10-8+,16-14+,22-20+,27-26+. The number of carboxylic acids is 1. The number of rotatable bonds is 48. The molecule has 0 aromatic rings. The summed E-state index contributed by atoms with van der Waals surface area (Å²) in [4.78, 5) is 37.2. The van der Waals surface area contributed by atoms with Crippen LogP contribution in [0.5, 0.6) is 0 Å². The fraction of sp³-hybridized carbons (Fsp3) is 0.804. The molecule has 2 unspecified atom stereocenters. The van der Waals surface area contributed by atoms with Crippen LogP contribution in [0.25, 0.3) is 0 Å². The number of carbonyl (C=O) groups excluding carboxylic acids is 2. The van der Waals surface area contributed by atoms with E-state index in [2.05, 4.69) is 62.5 Å². The Kier molecular flexibility index (Phi) is 44.8. The Bertz CT molecular complexity index is 1190. The highest BCUT2D eigenvalue weighted by atomic mass is 16.6. The minimum atomic E-state index is -0.874. The second-order valence-corrected chi connectivity index (χ2v) is 19.1. The van der Waals surface area contributed by atoms with E-state index in [0.717, 1.165) is 70.6 Å². The second kappa shape index (κ2) is 46.8. The van der Waals surface area contributed by atoms with Crippen LogP contribution >= 0.6 is 0 Å². The van der Waals surface area contributed by atoms with Gasteiger partial charge < -0.3 is 23.8 Å². The summed E-state index contributed by atoms with van der Waals surface area (Å²) in [6, 6.07) is -0.615. The van der Waals surface area contributed by atoms with Gasteiger partial charge in [0.2, 0.25) is 0 Å². The van der Waals surface area contributed by atoms with Crippen molar-refractivity contribution in [1.29, 1.82) is 0 Å². The fourth-order valence-electron chi connectivity index (χ4n) is 7.91. The quantitative estimate of drug-likeness (QED) is 0.0281. The molecule has 372 valence electrons. The van der Waals surface area contributed by atoms with Gasteiger partial charge in [0.1, 0.15) is 6.61 Å². The number of hydrogen-bond donors (Lipinski definition) is 1. The van der Waals surface area contributed by atoms with Gasteiger partial charge in [0.15, 0.2) is 12.1 Å². The lowest BCUT2D eigenvalue weighted by Gasteiger charge is -2.31. The number of esters is 2. The minimum absolute atomic E-state index is 0.0519. The lowest BCUT2D eigenvalue weighted by molar-refractivity contribution is -0.887. The maximum absolute atomic E-state index is 12.8. The maximum Gasteiger partial charge on any atom is 0.362 e. The highest BCUT2D eigenvalue weighted by Gasteiger charge is 2.31. The monoisotopic (exact) mass is 901 g/mol. The minimum Gasteiger partial charge on any atom is -0.477 e. The van der Waals surface area contributed by atoms with Gasteiger partial charge in [-0.25, -0.2) is 4.79 Å². The topological polar surface area (TPSA) is 99.1 Å². The van der Waals surface area contributed by atoms with E-state index in [1.807, 2.05) is 21.1 Å². The summed E-state index contributed by atoms with van der Waals surface area (Å²) in [6.45, 7) is 4.65. The Balaban J connectivity index is 4.21. The zero-order valence-corrected chi connectivity index (χ0v) is 42.5. The summed E-state index contributed by atoms with van der Waals surface area (Å²) < 4.78 is 17.4. The molecule has 0 aliphatic carbocycles. The molecule has 0 saturated carbocycles. The number of nitrogens with zero attached hydrogens (tertiary/aromatic N) is 1. The van der Waals surface area contributed by atoms with E-state index in [-0.39, 0.29) is 36.2 Å². The zero-order chi connectivity index (χ0) is 47.0. The van der Waals surface area contributed by atoms with Crippen LogP contribution in [-0.4, -0.2) is 80.6 Å². The Morgan fingerprint density at radius 1 is 0.484 bits per heavy atom. The van der Waals surface area contributed by atoms with Gasteiger partial charge in [-0.3, -0.25) is 9.59 Å². The van der Waals surface area contributed by atoms with Gasteiger partial charge in [-0.1, -0.05) is 217 Å². The van der Waals surface area contributed by atoms with Gasteiger partial charge in [-0.2, -0.15) is 0 Å². The molecular weight excluding hydrogens is 799 g/mol. The van der Waals surface area contributed by atoms with Crippen molar-refractivity contribution in [2.45, 2.75) is 251 Å². The lowest BCUT2D eigenvalue weighted by Crippen LogP contribution is -2.50. The Morgan fingerprint density at radius 3 is 1.30 bits per heavy atom. The van der Waals surface area contributed by atoms with E-state index in [0.29, 0.717) is 19.3 Å². The molecule has 64 heavy (non-hydrogen) atoms. The van der Waals surface area contributed by atoms with Crippen molar-refractivity contribution in [3.8, 4) is 0 Å². The van der Waals surface area contributed by atoms with Crippen molar-refractivity contribution in [2.24, 2.45) is 0 Å². The molecule has 0 aromatic carbocycles. The maximum atomic E-state index is 12.8. The van der Waals surface area contributed by atoms with Crippen molar-refractivity contribution in [3.05, 3.63) is 48.6 Å². The highest BCUT2D eigenvalue weighted by Crippen LogP contribution is 2.16. The molecule has 8 heteroatoms. The summed E-state index contributed by atoms with van der Waals surface area (Å²) in [5, 5.41) is 9.66. The van der Waals surface area contributed by atoms with E-state index in [4.69, 9.17) is 14.2 Å².